The SMILES string of the molecule is O=C(Nc1ccc(C2CCCC(c3ccc(NC(=O)C4CCCC4)nn3)C2)nn1)C1CCCC1. The molecule has 2 N–H and O–H groups in total. The molecule has 34 heavy (non-hydrogen) atoms. The quantitative estimate of drug-likeness (QED) is 0.627. The van der Waals surface area contributed by atoms with E-state index >= 15 is 0 Å². The number of nitrogens with zero attached hydrogens (tertiary/aromatic N) is 4. The molecule has 3 aliphatic rings. The van der Waals surface area contributed by atoms with Crippen molar-refractivity contribution in [2.45, 2.75) is 88.9 Å². The molecule has 2 atom stereocenters. The Bertz CT molecular complexity index is 902. The summed E-state index contributed by atoms with van der Waals surface area (Å²) in [6.07, 6.45) is 12.6. The smallest absolute Gasteiger partial charge is 0.228 e. The highest BCUT2D eigenvalue weighted by Crippen LogP contribution is 2.40. The molecule has 0 saturated heterocycles. The Morgan fingerprint density at radius 1 is 0.588 bits per heavy atom. The van der Waals surface area contributed by atoms with Gasteiger partial charge in [0.2, 0.25) is 11.8 Å². The number of rotatable bonds is 6. The van der Waals surface area contributed by atoms with E-state index in [1.165, 1.54) is 0 Å². The monoisotopic (exact) mass is 462 g/mol. The van der Waals surface area contributed by atoms with E-state index < -0.39 is 0 Å². The molecule has 2 heterocycles. The van der Waals surface area contributed by atoms with Crippen LogP contribution in [-0.4, -0.2) is 32.2 Å². The summed E-state index contributed by atoms with van der Waals surface area (Å²) in [6, 6.07) is 7.75. The van der Waals surface area contributed by atoms with Crippen LogP contribution < -0.4 is 10.6 Å². The van der Waals surface area contributed by atoms with Gasteiger partial charge < -0.3 is 10.6 Å². The minimum absolute atomic E-state index is 0.0683. The van der Waals surface area contributed by atoms with Gasteiger partial charge in [0.25, 0.3) is 0 Å². The van der Waals surface area contributed by atoms with Crippen LogP contribution in [-0.2, 0) is 9.59 Å². The molecule has 3 saturated carbocycles. The fraction of sp³-hybridized carbons (Fsp3) is 0.615. The standard InChI is InChI=1S/C26H34N6O2/c33-25(17-6-1-2-7-17)27-23-14-12-21(29-31-23)19-10-5-11-20(16-19)22-13-15-24(32-30-22)28-26(34)18-8-3-4-9-18/h12-15,17-20H,1-11,16H2,(H,27,31,33)(H,28,32,34). The molecule has 0 bridgehead atoms. The van der Waals surface area contributed by atoms with Crippen LogP contribution in [0.25, 0.3) is 0 Å². The van der Waals surface area contributed by atoms with E-state index in [1.807, 2.05) is 24.3 Å². The van der Waals surface area contributed by atoms with Gasteiger partial charge in [-0.05, 0) is 69.2 Å². The third kappa shape index (κ3) is 5.42. The van der Waals surface area contributed by atoms with E-state index in [1.54, 1.807) is 0 Å². The Morgan fingerprint density at radius 3 is 1.41 bits per heavy atom. The van der Waals surface area contributed by atoms with Crippen LogP contribution in [0.15, 0.2) is 24.3 Å². The maximum Gasteiger partial charge on any atom is 0.228 e. The first-order chi connectivity index (χ1) is 16.7. The Labute approximate surface area is 200 Å². The lowest BCUT2D eigenvalue weighted by atomic mass is 9.78. The van der Waals surface area contributed by atoms with Crippen molar-refractivity contribution in [1.82, 2.24) is 20.4 Å². The molecule has 2 amide bonds. The van der Waals surface area contributed by atoms with Crippen molar-refractivity contribution in [3.63, 3.8) is 0 Å². The zero-order chi connectivity index (χ0) is 23.3. The van der Waals surface area contributed by atoms with Crippen molar-refractivity contribution in [2.24, 2.45) is 11.8 Å². The fourth-order valence-electron chi connectivity index (χ4n) is 5.81. The Morgan fingerprint density at radius 2 is 1.03 bits per heavy atom. The molecule has 3 fully saturated rings. The maximum absolute atomic E-state index is 12.3. The van der Waals surface area contributed by atoms with Crippen LogP contribution in [0.1, 0.15) is 100 Å². The van der Waals surface area contributed by atoms with Crippen LogP contribution in [0.5, 0.6) is 0 Å². The molecule has 3 aliphatic carbocycles. The lowest BCUT2D eigenvalue weighted by molar-refractivity contribution is -0.120. The number of hydrogen-bond acceptors (Lipinski definition) is 6. The molecule has 0 spiro atoms. The summed E-state index contributed by atoms with van der Waals surface area (Å²) in [6.45, 7) is 0. The number of hydrogen-bond donors (Lipinski definition) is 2. The van der Waals surface area contributed by atoms with Gasteiger partial charge in [-0.25, -0.2) is 0 Å². The summed E-state index contributed by atoms with van der Waals surface area (Å²) in [5.74, 6) is 2.07. The molecule has 0 aliphatic heterocycles. The molecule has 5 rings (SSSR count). The fourth-order valence-corrected chi connectivity index (χ4v) is 5.81. The van der Waals surface area contributed by atoms with E-state index in [4.69, 9.17) is 0 Å². The number of carbonyl (C=O) groups excluding carboxylic acids is 2. The Hall–Kier alpha value is -2.90. The molecular formula is C26H34N6O2. The van der Waals surface area contributed by atoms with E-state index in [-0.39, 0.29) is 23.7 Å². The average molecular weight is 463 g/mol. The van der Waals surface area contributed by atoms with Gasteiger partial charge in [-0.1, -0.05) is 32.1 Å². The summed E-state index contributed by atoms with van der Waals surface area (Å²) >= 11 is 0. The van der Waals surface area contributed by atoms with E-state index in [2.05, 4.69) is 31.0 Å². The minimum atomic E-state index is 0.0683. The van der Waals surface area contributed by atoms with Crippen molar-refractivity contribution in [3.8, 4) is 0 Å². The van der Waals surface area contributed by atoms with Gasteiger partial charge >= 0.3 is 0 Å². The first kappa shape index (κ1) is 22.9. The normalized spacial score (nSPS) is 23.6. The van der Waals surface area contributed by atoms with Gasteiger partial charge in [0.05, 0.1) is 11.4 Å². The highest BCUT2D eigenvalue weighted by Gasteiger charge is 2.28. The van der Waals surface area contributed by atoms with Crippen LogP contribution in [0.2, 0.25) is 0 Å². The molecule has 0 radical (unpaired) electrons. The van der Waals surface area contributed by atoms with Crippen molar-refractivity contribution in [3.05, 3.63) is 35.7 Å². The summed E-state index contributed by atoms with van der Waals surface area (Å²) in [5, 5.41) is 23.3. The second-order valence-corrected chi connectivity index (χ2v) is 10.2. The van der Waals surface area contributed by atoms with Crippen molar-refractivity contribution >= 4 is 23.5 Å². The summed E-state index contributed by atoms with van der Waals surface area (Å²) in [5.41, 5.74) is 1.94. The molecule has 2 aromatic heterocycles. The summed E-state index contributed by atoms with van der Waals surface area (Å²) in [4.78, 5) is 24.7. The lowest BCUT2D eigenvalue weighted by Crippen LogP contribution is -2.22. The molecule has 180 valence electrons. The topological polar surface area (TPSA) is 110 Å². The van der Waals surface area contributed by atoms with Gasteiger partial charge in [0.15, 0.2) is 11.6 Å². The molecular weight excluding hydrogens is 428 g/mol. The van der Waals surface area contributed by atoms with Gasteiger partial charge in [0.1, 0.15) is 0 Å². The maximum atomic E-state index is 12.3. The minimum Gasteiger partial charge on any atom is -0.309 e. The van der Waals surface area contributed by atoms with Crippen molar-refractivity contribution < 1.29 is 9.59 Å². The second-order valence-electron chi connectivity index (χ2n) is 10.2. The zero-order valence-electron chi connectivity index (χ0n) is 19.7. The van der Waals surface area contributed by atoms with E-state index in [0.717, 1.165) is 88.4 Å². The Balaban J connectivity index is 1.16. The summed E-state index contributed by atoms with van der Waals surface area (Å²) in [7, 11) is 0. The van der Waals surface area contributed by atoms with Crippen molar-refractivity contribution in [1.29, 1.82) is 0 Å². The molecule has 2 aromatic rings. The van der Waals surface area contributed by atoms with Crippen LogP contribution in [0.3, 0.4) is 0 Å². The molecule has 2 unspecified atom stereocenters. The molecule has 8 heteroatoms. The largest absolute Gasteiger partial charge is 0.309 e. The molecule has 8 nitrogen and oxygen atoms in total. The number of anilines is 2. The van der Waals surface area contributed by atoms with Gasteiger partial charge in [-0.3, -0.25) is 9.59 Å². The van der Waals surface area contributed by atoms with Gasteiger partial charge in [-0.2, -0.15) is 10.2 Å². The number of nitrogens with one attached hydrogen (secondary N) is 2. The van der Waals surface area contributed by atoms with Crippen molar-refractivity contribution in [2.75, 3.05) is 10.6 Å². The number of carbonyl (C=O) groups is 2. The highest BCUT2D eigenvalue weighted by molar-refractivity contribution is 5.92. The van der Waals surface area contributed by atoms with Crippen LogP contribution in [0.4, 0.5) is 11.6 Å². The summed E-state index contributed by atoms with van der Waals surface area (Å²) < 4.78 is 0. The van der Waals surface area contributed by atoms with E-state index in [0.29, 0.717) is 23.5 Å². The number of aromatic nitrogens is 4. The lowest BCUT2D eigenvalue weighted by Gasteiger charge is -2.28. The second kappa shape index (κ2) is 10.6. The number of amides is 2. The third-order valence-corrected chi connectivity index (χ3v) is 7.84. The predicted octanol–water partition coefficient (Wildman–Crippen LogP) is 4.97. The van der Waals surface area contributed by atoms with Crippen LogP contribution in [0, 0.1) is 11.8 Å². The average Bonchev–Trinajstić information content (AvgIpc) is 3.60. The predicted molar refractivity (Wildman–Crippen MR) is 129 cm³/mol. The first-order valence-electron chi connectivity index (χ1n) is 12.9. The third-order valence-electron chi connectivity index (χ3n) is 7.84. The van der Waals surface area contributed by atoms with Crippen LogP contribution >= 0.6 is 0 Å². The molecule has 0 aromatic carbocycles. The van der Waals surface area contributed by atoms with Gasteiger partial charge in [0, 0.05) is 23.7 Å². The zero-order valence-corrected chi connectivity index (χ0v) is 19.7. The highest BCUT2D eigenvalue weighted by atomic mass is 16.2. The first-order valence-corrected chi connectivity index (χ1v) is 12.9. The van der Waals surface area contributed by atoms with E-state index in [9.17, 15) is 9.59 Å². The van der Waals surface area contributed by atoms with Gasteiger partial charge in [-0.15, -0.1) is 10.2 Å². The Kier molecular flexibility index (Phi) is 7.11.